The number of aromatic nitrogens is 1. The molecule has 0 radical (unpaired) electrons. The Kier molecular flexibility index (Phi) is 6.57. The summed E-state index contributed by atoms with van der Waals surface area (Å²) in [6, 6.07) is 18.4. The van der Waals surface area contributed by atoms with Gasteiger partial charge in [0.1, 0.15) is 0 Å². The van der Waals surface area contributed by atoms with Crippen LogP contribution >= 0.6 is 34.9 Å². The van der Waals surface area contributed by atoms with Crippen molar-refractivity contribution < 1.29 is 4.79 Å². The van der Waals surface area contributed by atoms with Crippen molar-refractivity contribution in [2.75, 3.05) is 18.1 Å². The van der Waals surface area contributed by atoms with Crippen molar-refractivity contribution in [3.63, 3.8) is 0 Å². The van der Waals surface area contributed by atoms with Gasteiger partial charge < -0.3 is 5.32 Å². The minimum atomic E-state index is 0.0690. The predicted octanol–water partition coefficient (Wildman–Crippen LogP) is 4.44. The van der Waals surface area contributed by atoms with Crippen LogP contribution in [0.25, 0.3) is 10.2 Å². The average molecular weight is 375 g/mol. The van der Waals surface area contributed by atoms with Gasteiger partial charge in [0.25, 0.3) is 0 Å². The van der Waals surface area contributed by atoms with Crippen LogP contribution in [0.5, 0.6) is 0 Å². The van der Waals surface area contributed by atoms with Gasteiger partial charge in [-0.3, -0.25) is 4.79 Å². The van der Waals surface area contributed by atoms with Gasteiger partial charge in [-0.25, -0.2) is 4.98 Å². The minimum Gasteiger partial charge on any atom is -0.355 e. The molecule has 0 atom stereocenters. The van der Waals surface area contributed by atoms with E-state index in [2.05, 4.69) is 40.6 Å². The van der Waals surface area contributed by atoms with E-state index in [9.17, 15) is 4.79 Å². The lowest BCUT2D eigenvalue weighted by atomic mass is 10.2. The fraction of sp³-hybridized carbons (Fsp3) is 0.222. The first kappa shape index (κ1) is 17.3. The first-order valence-corrected chi connectivity index (χ1v) is 10.6. The number of carbonyl (C=O) groups excluding carboxylic acids is 1. The van der Waals surface area contributed by atoms with E-state index in [1.165, 1.54) is 17.3 Å². The number of fused-ring (bicyclic) bond motifs is 1. The number of rotatable bonds is 8. The van der Waals surface area contributed by atoms with Crippen LogP contribution in [-0.2, 0) is 10.5 Å². The van der Waals surface area contributed by atoms with E-state index in [1.54, 1.807) is 11.3 Å². The van der Waals surface area contributed by atoms with E-state index < -0.39 is 0 Å². The van der Waals surface area contributed by atoms with Crippen LogP contribution in [0.4, 0.5) is 0 Å². The maximum Gasteiger partial charge on any atom is 0.230 e. The summed E-state index contributed by atoms with van der Waals surface area (Å²) in [7, 11) is 0. The number of benzene rings is 2. The lowest BCUT2D eigenvalue weighted by molar-refractivity contribution is -0.118. The molecule has 3 nitrogen and oxygen atoms in total. The largest absolute Gasteiger partial charge is 0.355 e. The number of hydrogen-bond acceptors (Lipinski definition) is 5. The molecule has 24 heavy (non-hydrogen) atoms. The number of nitrogens with zero attached hydrogens (tertiary/aromatic N) is 1. The molecule has 6 heteroatoms. The molecule has 0 aliphatic carbocycles. The Morgan fingerprint density at radius 3 is 2.71 bits per heavy atom. The van der Waals surface area contributed by atoms with Gasteiger partial charge in [0.15, 0.2) is 4.34 Å². The van der Waals surface area contributed by atoms with Crippen molar-refractivity contribution in [2.24, 2.45) is 0 Å². The number of thiazole rings is 1. The van der Waals surface area contributed by atoms with Crippen molar-refractivity contribution >= 4 is 51.0 Å². The van der Waals surface area contributed by atoms with Gasteiger partial charge in [0.2, 0.25) is 5.91 Å². The fourth-order valence-corrected chi connectivity index (χ4v) is 4.84. The quantitative estimate of drug-likeness (QED) is 0.468. The molecule has 0 aliphatic heterocycles. The molecule has 0 unspecified atom stereocenters. The van der Waals surface area contributed by atoms with E-state index in [1.807, 2.05) is 36.0 Å². The van der Waals surface area contributed by atoms with Crippen LogP contribution in [0.2, 0.25) is 0 Å². The van der Waals surface area contributed by atoms with Crippen molar-refractivity contribution in [3.05, 3.63) is 60.2 Å². The standard InChI is InChI=1S/C18H18N2OS3/c21-17(19-10-11-22-12-14-6-2-1-3-7-14)13-23-18-20-15-8-4-5-9-16(15)24-18/h1-9H,10-13H2,(H,19,21). The zero-order valence-electron chi connectivity index (χ0n) is 13.1. The van der Waals surface area contributed by atoms with Crippen LogP contribution in [-0.4, -0.2) is 28.9 Å². The molecule has 1 aromatic heterocycles. The molecule has 0 spiro atoms. The first-order chi connectivity index (χ1) is 11.8. The third kappa shape index (κ3) is 5.26. The molecular formula is C18H18N2OS3. The second kappa shape index (κ2) is 9.11. The van der Waals surface area contributed by atoms with Crippen molar-refractivity contribution in [1.29, 1.82) is 0 Å². The van der Waals surface area contributed by atoms with Crippen LogP contribution in [0.15, 0.2) is 58.9 Å². The lowest BCUT2D eigenvalue weighted by Crippen LogP contribution is -2.27. The Balaban J connectivity index is 1.32. The highest BCUT2D eigenvalue weighted by atomic mass is 32.2. The Labute approximate surface area is 154 Å². The molecule has 1 N–H and O–H groups in total. The highest BCUT2D eigenvalue weighted by molar-refractivity contribution is 8.01. The summed E-state index contributed by atoms with van der Waals surface area (Å²) in [6.45, 7) is 0.705. The number of para-hydroxylation sites is 1. The maximum atomic E-state index is 11.9. The van der Waals surface area contributed by atoms with Crippen LogP contribution < -0.4 is 5.32 Å². The predicted molar refractivity (Wildman–Crippen MR) is 106 cm³/mol. The molecule has 3 rings (SSSR count). The summed E-state index contributed by atoms with van der Waals surface area (Å²) in [6.07, 6.45) is 0. The van der Waals surface area contributed by atoms with Gasteiger partial charge in [0, 0.05) is 18.1 Å². The van der Waals surface area contributed by atoms with Crippen molar-refractivity contribution in [3.8, 4) is 0 Å². The SMILES string of the molecule is O=C(CSc1nc2ccccc2s1)NCCSCc1ccccc1. The molecule has 124 valence electrons. The molecular weight excluding hydrogens is 356 g/mol. The lowest BCUT2D eigenvalue weighted by Gasteiger charge is -2.04. The highest BCUT2D eigenvalue weighted by Crippen LogP contribution is 2.28. The van der Waals surface area contributed by atoms with E-state index in [4.69, 9.17) is 0 Å². The summed E-state index contributed by atoms with van der Waals surface area (Å²) >= 11 is 4.97. The Hall–Kier alpha value is -1.50. The monoisotopic (exact) mass is 374 g/mol. The minimum absolute atomic E-state index is 0.0690. The molecule has 2 aromatic carbocycles. The first-order valence-electron chi connectivity index (χ1n) is 7.68. The van der Waals surface area contributed by atoms with E-state index in [0.717, 1.165) is 26.1 Å². The summed E-state index contributed by atoms with van der Waals surface area (Å²) in [5.41, 5.74) is 2.32. The van der Waals surface area contributed by atoms with E-state index in [-0.39, 0.29) is 5.91 Å². The zero-order valence-corrected chi connectivity index (χ0v) is 15.6. The summed E-state index contributed by atoms with van der Waals surface area (Å²) in [5, 5.41) is 2.97. The average Bonchev–Trinajstić information content (AvgIpc) is 3.03. The third-order valence-corrected chi connectivity index (χ3v) is 6.49. The number of nitrogens with one attached hydrogen (secondary N) is 1. The van der Waals surface area contributed by atoms with E-state index in [0.29, 0.717) is 12.3 Å². The normalized spacial score (nSPS) is 10.8. The van der Waals surface area contributed by atoms with Gasteiger partial charge in [-0.15, -0.1) is 11.3 Å². The molecule has 1 heterocycles. The van der Waals surface area contributed by atoms with Crippen LogP contribution in [0.3, 0.4) is 0 Å². The Morgan fingerprint density at radius 2 is 1.88 bits per heavy atom. The van der Waals surface area contributed by atoms with Crippen molar-refractivity contribution in [2.45, 2.75) is 10.1 Å². The van der Waals surface area contributed by atoms with Gasteiger partial charge in [-0.2, -0.15) is 11.8 Å². The van der Waals surface area contributed by atoms with Crippen LogP contribution in [0, 0.1) is 0 Å². The number of amides is 1. The van der Waals surface area contributed by atoms with Gasteiger partial charge in [-0.05, 0) is 17.7 Å². The molecule has 0 saturated carbocycles. The van der Waals surface area contributed by atoms with Crippen LogP contribution in [0.1, 0.15) is 5.56 Å². The summed E-state index contributed by atoms with van der Waals surface area (Å²) < 4.78 is 2.11. The Bertz CT molecular complexity index is 756. The number of carbonyl (C=O) groups is 1. The second-order valence-electron chi connectivity index (χ2n) is 5.12. The van der Waals surface area contributed by atoms with Crippen molar-refractivity contribution in [1.82, 2.24) is 10.3 Å². The smallest absolute Gasteiger partial charge is 0.230 e. The molecule has 0 saturated heterocycles. The number of hydrogen-bond donors (Lipinski definition) is 1. The Morgan fingerprint density at radius 1 is 1.08 bits per heavy atom. The molecule has 1 amide bonds. The summed E-state index contributed by atoms with van der Waals surface area (Å²) in [5.74, 6) is 2.40. The van der Waals surface area contributed by atoms with Gasteiger partial charge in [0.05, 0.1) is 16.0 Å². The molecule has 3 aromatic rings. The number of thioether (sulfide) groups is 2. The molecule has 0 aliphatic rings. The van der Waals surface area contributed by atoms with Gasteiger partial charge >= 0.3 is 0 Å². The molecule has 0 bridgehead atoms. The summed E-state index contributed by atoms with van der Waals surface area (Å²) in [4.78, 5) is 16.4. The second-order valence-corrected chi connectivity index (χ2v) is 8.48. The zero-order chi connectivity index (χ0) is 16.6. The fourth-order valence-electron chi connectivity index (χ4n) is 2.12. The van der Waals surface area contributed by atoms with E-state index >= 15 is 0 Å². The molecule has 0 fully saturated rings. The highest BCUT2D eigenvalue weighted by Gasteiger charge is 2.07. The third-order valence-electron chi connectivity index (χ3n) is 3.28. The topological polar surface area (TPSA) is 42.0 Å². The maximum absolute atomic E-state index is 11.9. The van der Waals surface area contributed by atoms with Gasteiger partial charge in [-0.1, -0.05) is 54.2 Å².